The van der Waals surface area contributed by atoms with Gasteiger partial charge in [-0.25, -0.2) is 9.97 Å². The van der Waals surface area contributed by atoms with Crippen molar-refractivity contribution in [3.63, 3.8) is 0 Å². The van der Waals surface area contributed by atoms with Crippen molar-refractivity contribution in [3.8, 4) is 0 Å². The average Bonchev–Trinajstić information content (AvgIpc) is 2.67. The van der Waals surface area contributed by atoms with E-state index in [2.05, 4.69) is 25.9 Å². The zero-order valence-electron chi connectivity index (χ0n) is 16.0. The number of hydrogen-bond acceptors (Lipinski definition) is 5. The first-order chi connectivity index (χ1) is 14.0. The van der Waals surface area contributed by atoms with Crippen LogP contribution in [0.5, 0.6) is 0 Å². The van der Waals surface area contributed by atoms with Gasteiger partial charge in [-0.05, 0) is 37.6 Å². The Morgan fingerprint density at radius 1 is 1.23 bits per heavy atom. The maximum absolute atomic E-state index is 12.9. The minimum atomic E-state index is -4.52. The summed E-state index contributed by atoms with van der Waals surface area (Å²) in [6.07, 6.45) is -2.37. The molecule has 3 N–H and O–H groups in total. The Morgan fingerprint density at radius 2 is 1.90 bits per heavy atom. The molecule has 0 bridgehead atoms. The van der Waals surface area contributed by atoms with E-state index >= 15 is 0 Å². The van der Waals surface area contributed by atoms with E-state index in [1.807, 2.05) is 0 Å². The van der Waals surface area contributed by atoms with Gasteiger partial charge in [-0.2, -0.15) is 13.2 Å². The number of benzene rings is 1. The summed E-state index contributed by atoms with van der Waals surface area (Å²) in [4.78, 5) is 33.0. The molecule has 1 saturated heterocycles. The molecule has 2 aromatic rings. The fraction of sp³-hybridized carbons (Fsp3) is 0.368. The third-order valence-corrected chi connectivity index (χ3v) is 4.94. The molecule has 1 aliphatic rings. The first kappa shape index (κ1) is 22.0. The summed E-state index contributed by atoms with van der Waals surface area (Å²) in [5.74, 6) is -0.572. The Bertz CT molecular complexity index is 953. The number of alkyl halides is 3. The monoisotopic (exact) mass is 441 g/mol. The number of amides is 2. The van der Waals surface area contributed by atoms with Crippen LogP contribution in [0.25, 0.3) is 0 Å². The molecule has 7 nitrogen and oxygen atoms in total. The van der Waals surface area contributed by atoms with Crippen molar-refractivity contribution < 1.29 is 22.8 Å². The van der Waals surface area contributed by atoms with Crippen molar-refractivity contribution in [1.82, 2.24) is 25.9 Å². The largest absolute Gasteiger partial charge is 0.416 e. The molecular weight excluding hydrogens is 423 g/mol. The van der Waals surface area contributed by atoms with Crippen LogP contribution >= 0.6 is 11.6 Å². The van der Waals surface area contributed by atoms with E-state index in [-0.39, 0.29) is 17.4 Å². The normalized spacial score (nSPS) is 19.9. The Kier molecular flexibility index (Phi) is 6.00. The molecule has 30 heavy (non-hydrogen) atoms. The highest BCUT2D eigenvalue weighted by molar-refractivity contribution is 6.31. The van der Waals surface area contributed by atoms with Gasteiger partial charge in [0, 0.05) is 17.4 Å². The lowest BCUT2D eigenvalue weighted by atomic mass is 9.92. The van der Waals surface area contributed by atoms with Gasteiger partial charge in [-0.1, -0.05) is 17.7 Å². The molecule has 1 fully saturated rings. The first-order valence-corrected chi connectivity index (χ1v) is 9.37. The second kappa shape index (κ2) is 8.19. The summed E-state index contributed by atoms with van der Waals surface area (Å²) in [7, 11) is 0. The average molecular weight is 442 g/mol. The maximum atomic E-state index is 12.9. The molecule has 2 atom stereocenters. The minimum Gasteiger partial charge on any atom is -0.346 e. The van der Waals surface area contributed by atoms with Gasteiger partial charge in [-0.15, -0.1) is 0 Å². The summed E-state index contributed by atoms with van der Waals surface area (Å²) >= 11 is 6.07. The quantitative estimate of drug-likeness (QED) is 0.678. The number of nitrogens with zero attached hydrogens (tertiary/aromatic N) is 2. The highest BCUT2D eigenvalue weighted by atomic mass is 35.5. The minimum absolute atomic E-state index is 0.119. The number of carbonyl (C=O) groups is 2. The molecule has 0 spiro atoms. The van der Waals surface area contributed by atoms with Gasteiger partial charge in [0.1, 0.15) is 6.17 Å². The Hall–Kier alpha value is -2.72. The third-order valence-electron chi connectivity index (χ3n) is 4.63. The van der Waals surface area contributed by atoms with Crippen molar-refractivity contribution >= 4 is 23.4 Å². The van der Waals surface area contributed by atoms with Crippen LogP contribution < -0.4 is 16.0 Å². The number of nitrogens with one attached hydrogen (secondary N) is 3. The molecule has 160 valence electrons. The van der Waals surface area contributed by atoms with Crippen LogP contribution in [0.4, 0.5) is 13.2 Å². The van der Waals surface area contributed by atoms with Gasteiger partial charge in [0.15, 0.2) is 5.82 Å². The van der Waals surface area contributed by atoms with E-state index in [1.165, 1.54) is 18.5 Å². The number of rotatable bonds is 4. The van der Waals surface area contributed by atoms with Crippen molar-refractivity contribution in [3.05, 3.63) is 58.6 Å². The van der Waals surface area contributed by atoms with E-state index in [0.29, 0.717) is 11.4 Å². The lowest BCUT2D eigenvalue weighted by Gasteiger charge is -2.34. The van der Waals surface area contributed by atoms with Crippen molar-refractivity contribution in [2.45, 2.75) is 44.2 Å². The van der Waals surface area contributed by atoms with E-state index in [1.54, 1.807) is 19.9 Å². The van der Waals surface area contributed by atoms with Crippen LogP contribution in [0.2, 0.25) is 5.02 Å². The maximum Gasteiger partial charge on any atom is 0.416 e. The van der Waals surface area contributed by atoms with Gasteiger partial charge in [0.05, 0.1) is 23.6 Å². The van der Waals surface area contributed by atoms with Crippen LogP contribution in [0.15, 0.2) is 36.7 Å². The standard InChI is InChI=1S/C19H19ClF3N5O2/c1-18(2,11-5-4-10(8-12(11)20)19(21,22)23)28-17(30)13-9-14(29)27-16(26-13)15-24-6-3-7-25-15/h3-8,13,16,26H,9H2,1-2H3,(H,27,29)(H,28,30). The molecule has 2 amide bonds. The number of aromatic nitrogens is 2. The SMILES string of the molecule is CC(C)(NC(=O)C1CC(=O)NC(c2ncccn2)N1)c1ccc(C(F)(F)F)cc1Cl. The van der Waals surface area contributed by atoms with Gasteiger partial charge >= 0.3 is 6.18 Å². The van der Waals surface area contributed by atoms with Crippen LogP contribution in [0, 0.1) is 0 Å². The zero-order valence-corrected chi connectivity index (χ0v) is 16.8. The topological polar surface area (TPSA) is 96.0 Å². The predicted molar refractivity (Wildman–Crippen MR) is 102 cm³/mol. The molecule has 1 aliphatic heterocycles. The molecule has 2 unspecified atom stereocenters. The smallest absolute Gasteiger partial charge is 0.346 e. The summed E-state index contributed by atoms with van der Waals surface area (Å²) < 4.78 is 38.6. The van der Waals surface area contributed by atoms with E-state index < -0.39 is 35.4 Å². The lowest BCUT2D eigenvalue weighted by Crippen LogP contribution is -2.58. The van der Waals surface area contributed by atoms with Gasteiger partial charge in [-0.3, -0.25) is 14.9 Å². The molecule has 3 rings (SSSR count). The molecule has 1 aromatic carbocycles. The van der Waals surface area contributed by atoms with Crippen molar-refractivity contribution in [2.75, 3.05) is 0 Å². The Morgan fingerprint density at radius 3 is 2.50 bits per heavy atom. The highest BCUT2D eigenvalue weighted by Crippen LogP contribution is 2.35. The fourth-order valence-corrected chi connectivity index (χ4v) is 3.55. The van der Waals surface area contributed by atoms with Crippen molar-refractivity contribution in [1.29, 1.82) is 0 Å². The second-order valence-corrected chi connectivity index (χ2v) is 7.74. The molecule has 0 saturated carbocycles. The summed E-state index contributed by atoms with van der Waals surface area (Å²) in [5, 5.41) is 8.25. The summed E-state index contributed by atoms with van der Waals surface area (Å²) in [6.45, 7) is 3.22. The highest BCUT2D eigenvalue weighted by Gasteiger charge is 2.36. The van der Waals surface area contributed by atoms with Crippen LogP contribution in [-0.4, -0.2) is 27.8 Å². The number of carbonyl (C=O) groups excluding carboxylic acids is 2. The Balaban J connectivity index is 1.76. The molecule has 1 aromatic heterocycles. The lowest BCUT2D eigenvalue weighted by molar-refractivity contribution is -0.137. The number of halogens is 4. The van der Waals surface area contributed by atoms with Crippen LogP contribution in [0.1, 0.15) is 43.4 Å². The van der Waals surface area contributed by atoms with E-state index in [9.17, 15) is 22.8 Å². The molecular formula is C19H19ClF3N5O2. The molecule has 0 aliphatic carbocycles. The van der Waals surface area contributed by atoms with Crippen molar-refractivity contribution in [2.24, 2.45) is 0 Å². The summed E-state index contributed by atoms with van der Waals surface area (Å²) in [6, 6.07) is 3.69. The summed E-state index contributed by atoms with van der Waals surface area (Å²) in [5.41, 5.74) is -1.66. The molecule has 2 heterocycles. The molecule has 0 radical (unpaired) electrons. The zero-order chi connectivity index (χ0) is 22.1. The first-order valence-electron chi connectivity index (χ1n) is 8.99. The van der Waals surface area contributed by atoms with E-state index in [0.717, 1.165) is 12.1 Å². The fourth-order valence-electron chi connectivity index (χ4n) is 3.14. The third kappa shape index (κ3) is 4.88. The van der Waals surface area contributed by atoms with Crippen LogP contribution in [0.3, 0.4) is 0 Å². The predicted octanol–water partition coefficient (Wildman–Crippen LogP) is 2.68. The second-order valence-electron chi connectivity index (χ2n) is 7.34. The van der Waals surface area contributed by atoms with Gasteiger partial charge in [0.2, 0.25) is 11.8 Å². The van der Waals surface area contributed by atoms with Gasteiger partial charge in [0.25, 0.3) is 0 Å². The number of hydrogen-bond donors (Lipinski definition) is 3. The van der Waals surface area contributed by atoms with E-state index in [4.69, 9.17) is 11.6 Å². The van der Waals surface area contributed by atoms with Crippen LogP contribution in [-0.2, 0) is 21.3 Å². The Labute approximate surface area is 175 Å². The van der Waals surface area contributed by atoms with Gasteiger partial charge < -0.3 is 10.6 Å². The molecule has 11 heteroatoms.